The quantitative estimate of drug-likeness (QED) is 0.755. The predicted molar refractivity (Wildman–Crippen MR) is 110 cm³/mol. The number of likely N-dealkylation sites (tertiary alicyclic amines) is 1. The molecule has 2 N–H and O–H groups in total. The van der Waals surface area contributed by atoms with Crippen molar-refractivity contribution in [1.29, 1.82) is 0 Å². The average molecular weight is 408 g/mol. The first-order valence-electron chi connectivity index (χ1n) is 9.98. The van der Waals surface area contributed by atoms with Crippen molar-refractivity contribution in [3.63, 3.8) is 0 Å². The van der Waals surface area contributed by atoms with Gasteiger partial charge in [-0.25, -0.2) is 4.79 Å². The first-order chi connectivity index (χ1) is 14.3. The van der Waals surface area contributed by atoms with Crippen LogP contribution in [0.1, 0.15) is 39.9 Å². The minimum absolute atomic E-state index is 0.0757. The van der Waals surface area contributed by atoms with Gasteiger partial charge in [0, 0.05) is 19.3 Å². The molecule has 4 amide bonds. The summed E-state index contributed by atoms with van der Waals surface area (Å²) in [6.07, 6.45) is 2.11. The van der Waals surface area contributed by atoms with Crippen LogP contribution in [0, 0.1) is 13.8 Å². The molecule has 3 heterocycles. The van der Waals surface area contributed by atoms with Gasteiger partial charge in [-0.2, -0.15) is 0 Å². The molecule has 8 nitrogen and oxygen atoms in total. The van der Waals surface area contributed by atoms with Crippen LogP contribution in [0.15, 0.2) is 41.3 Å². The summed E-state index contributed by atoms with van der Waals surface area (Å²) in [5.41, 5.74) is 1.68. The SMILES string of the molecule is Cc1ccc(C)c(CN2C(=O)NC3(CCN(C(=O)c4ccc[nH]c4=O)CC3)C2=O)c1. The molecule has 30 heavy (non-hydrogen) atoms. The molecule has 1 aromatic heterocycles. The van der Waals surface area contributed by atoms with Gasteiger partial charge in [0.15, 0.2) is 0 Å². The first kappa shape index (κ1) is 19.9. The number of piperidine rings is 1. The fraction of sp³-hybridized carbons (Fsp3) is 0.364. The lowest BCUT2D eigenvalue weighted by Gasteiger charge is -2.37. The van der Waals surface area contributed by atoms with E-state index in [4.69, 9.17) is 0 Å². The second-order valence-corrected chi connectivity index (χ2v) is 8.04. The normalized spacial score (nSPS) is 18.1. The fourth-order valence-corrected chi connectivity index (χ4v) is 4.15. The van der Waals surface area contributed by atoms with Crippen molar-refractivity contribution < 1.29 is 14.4 Å². The van der Waals surface area contributed by atoms with Gasteiger partial charge in [0.2, 0.25) is 0 Å². The number of aromatic amines is 1. The number of nitrogens with zero attached hydrogens (tertiary/aromatic N) is 2. The lowest BCUT2D eigenvalue weighted by atomic mass is 9.87. The van der Waals surface area contributed by atoms with E-state index in [-0.39, 0.29) is 37.0 Å². The van der Waals surface area contributed by atoms with Gasteiger partial charge in [0.25, 0.3) is 17.4 Å². The van der Waals surface area contributed by atoms with E-state index in [9.17, 15) is 19.2 Å². The molecule has 0 bridgehead atoms. The van der Waals surface area contributed by atoms with Crippen LogP contribution in [0.3, 0.4) is 0 Å². The minimum atomic E-state index is -0.991. The summed E-state index contributed by atoms with van der Waals surface area (Å²) >= 11 is 0. The van der Waals surface area contributed by atoms with E-state index < -0.39 is 17.1 Å². The summed E-state index contributed by atoms with van der Waals surface area (Å²) in [7, 11) is 0. The van der Waals surface area contributed by atoms with E-state index in [1.807, 2.05) is 32.0 Å². The molecule has 0 unspecified atom stereocenters. The molecule has 156 valence electrons. The van der Waals surface area contributed by atoms with E-state index in [1.54, 1.807) is 11.0 Å². The monoisotopic (exact) mass is 408 g/mol. The number of H-pyrrole nitrogens is 1. The molecule has 8 heteroatoms. The molecule has 0 radical (unpaired) electrons. The highest BCUT2D eigenvalue weighted by Gasteiger charge is 2.52. The van der Waals surface area contributed by atoms with Crippen LogP contribution in [-0.4, -0.2) is 51.3 Å². The Morgan fingerprint density at radius 1 is 1.10 bits per heavy atom. The Kier molecular flexibility index (Phi) is 4.93. The summed E-state index contributed by atoms with van der Waals surface area (Å²) in [5.74, 6) is -0.617. The molecule has 0 saturated carbocycles. The van der Waals surface area contributed by atoms with Crippen LogP contribution in [0.5, 0.6) is 0 Å². The molecule has 2 saturated heterocycles. The number of aromatic nitrogens is 1. The van der Waals surface area contributed by atoms with E-state index in [0.29, 0.717) is 12.8 Å². The molecule has 1 aromatic carbocycles. The molecule has 2 aliphatic heterocycles. The zero-order valence-corrected chi connectivity index (χ0v) is 17.0. The molecule has 2 aromatic rings. The van der Waals surface area contributed by atoms with Crippen LogP contribution in [0.4, 0.5) is 4.79 Å². The number of hydrogen-bond donors (Lipinski definition) is 2. The van der Waals surface area contributed by atoms with Gasteiger partial charge in [-0.3, -0.25) is 19.3 Å². The highest BCUT2D eigenvalue weighted by molar-refractivity contribution is 6.07. The van der Waals surface area contributed by atoms with E-state index >= 15 is 0 Å². The summed E-state index contributed by atoms with van der Waals surface area (Å²) < 4.78 is 0. The number of carbonyl (C=O) groups excluding carboxylic acids is 3. The van der Waals surface area contributed by atoms with Crippen molar-refractivity contribution in [3.8, 4) is 0 Å². The van der Waals surface area contributed by atoms with Crippen molar-refractivity contribution in [3.05, 3.63) is 69.1 Å². The highest BCUT2D eigenvalue weighted by atomic mass is 16.2. The predicted octanol–water partition coefficient (Wildman–Crippen LogP) is 1.72. The number of imide groups is 1. The smallest absolute Gasteiger partial charge is 0.325 e. The lowest BCUT2D eigenvalue weighted by molar-refractivity contribution is -0.133. The highest BCUT2D eigenvalue weighted by Crippen LogP contribution is 2.31. The Morgan fingerprint density at radius 2 is 1.83 bits per heavy atom. The Morgan fingerprint density at radius 3 is 2.53 bits per heavy atom. The maximum atomic E-state index is 13.2. The number of urea groups is 1. The maximum Gasteiger partial charge on any atom is 0.325 e. The number of rotatable bonds is 3. The van der Waals surface area contributed by atoms with Crippen molar-refractivity contribution >= 4 is 17.8 Å². The van der Waals surface area contributed by atoms with Gasteiger partial charge in [0.1, 0.15) is 11.1 Å². The second-order valence-electron chi connectivity index (χ2n) is 8.04. The molecule has 2 aliphatic rings. The van der Waals surface area contributed by atoms with E-state index in [0.717, 1.165) is 16.7 Å². The van der Waals surface area contributed by atoms with Crippen molar-refractivity contribution in [2.45, 2.75) is 38.8 Å². The third-order valence-electron chi connectivity index (χ3n) is 6.03. The Labute approximate surface area is 173 Å². The average Bonchev–Trinajstić information content (AvgIpc) is 2.95. The third-order valence-corrected chi connectivity index (χ3v) is 6.03. The first-order valence-corrected chi connectivity index (χ1v) is 9.98. The second kappa shape index (κ2) is 7.44. The fourth-order valence-electron chi connectivity index (χ4n) is 4.15. The number of carbonyl (C=O) groups is 3. The number of benzene rings is 1. The van der Waals surface area contributed by atoms with Crippen LogP contribution in [0.2, 0.25) is 0 Å². The Balaban J connectivity index is 1.48. The summed E-state index contributed by atoms with van der Waals surface area (Å²) in [4.78, 5) is 55.7. The number of nitrogens with one attached hydrogen (secondary N) is 2. The topological polar surface area (TPSA) is 103 Å². The van der Waals surface area contributed by atoms with E-state index in [2.05, 4.69) is 10.3 Å². The largest absolute Gasteiger partial charge is 0.338 e. The van der Waals surface area contributed by atoms with Crippen molar-refractivity contribution in [2.75, 3.05) is 13.1 Å². The molecule has 1 spiro atoms. The number of pyridine rings is 1. The molecule has 2 fully saturated rings. The van der Waals surface area contributed by atoms with Crippen LogP contribution < -0.4 is 10.9 Å². The van der Waals surface area contributed by atoms with Crippen molar-refractivity contribution in [1.82, 2.24) is 20.1 Å². The van der Waals surface area contributed by atoms with Crippen molar-refractivity contribution in [2.24, 2.45) is 0 Å². The van der Waals surface area contributed by atoms with Gasteiger partial charge in [0.05, 0.1) is 6.54 Å². The zero-order chi connectivity index (χ0) is 21.5. The molecular formula is C22H24N4O4. The number of aryl methyl sites for hydroxylation is 2. The van der Waals surface area contributed by atoms with Crippen LogP contribution in [-0.2, 0) is 11.3 Å². The molecule has 0 aliphatic carbocycles. The summed E-state index contributed by atoms with van der Waals surface area (Å²) in [6.45, 7) is 4.73. The van der Waals surface area contributed by atoms with Gasteiger partial charge < -0.3 is 15.2 Å². The van der Waals surface area contributed by atoms with E-state index in [1.165, 1.54) is 17.2 Å². The number of amides is 4. The van der Waals surface area contributed by atoms with Crippen LogP contribution >= 0.6 is 0 Å². The van der Waals surface area contributed by atoms with Crippen LogP contribution in [0.25, 0.3) is 0 Å². The molecular weight excluding hydrogens is 384 g/mol. The summed E-state index contributed by atoms with van der Waals surface area (Å²) in [5, 5.41) is 2.87. The Hall–Kier alpha value is -3.42. The van der Waals surface area contributed by atoms with Gasteiger partial charge in [-0.05, 0) is 49.9 Å². The zero-order valence-electron chi connectivity index (χ0n) is 17.0. The van der Waals surface area contributed by atoms with Gasteiger partial charge in [-0.1, -0.05) is 23.8 Å². The summed E-state index contributed by atoms with van der Waals surface area (Å²) in [6, 6.07) is 8.65. The minimum Gasteiger partial charge on any atom is -0.338 e. The van der Waals surface area contributed by atoms with Gasteiger partial charge in [-0.15, -0.1) is 0 Å². The third kappa shape index (κ3) is 3.38. The lowest BCUT2D eigenvalue weighted by Crippen LogP contribution is -2.56. The standard InChI is InChI=1S/C22H24N4O4/c1-14-5-6-15(2)16(12-14)13-26-20(29)22(24-21(26)30)7-10-25(11-8-22)19(28)17-4-3-9-23-18(17)27/h3-6,9,12H,7-8,10-11,13H2,1-2H3,(H,23,27)(H,24,30). The van der Waals surface area contributed by atoms with Gasteiger partial charge >= 0.3 is 6.03 Å². The molecule has 4 rings (SSSR count). The Bertz CT molecular complexity index is 1080. The maximum absolute atomic E-state index is 13.2. The number of hydrogen-bond acceptors (Lipinski definition) is 4. The molecule has 0 atom stereocenters.